The van der Waals surface area contributed by atoms with Crippen LogP contribution in [0.1, 0.15) is 47.8 Å². The smallest absolute Gasteiger partial charge is 0.173 e. The minimum atomic E-state index is 0.226. The zero-order chi connectivity index (χ0) is 9.26. The molecule has 3 nitrogen and oxygen atoms in total. The molecule has 1 heterocycles. The number of carbonyl (C=O) groups is 1. The lowest BCUT2D eigenvalue weighted by molar-refractivity contribution is 0.111. The highest BCUT2D eigenvalue weighted by Gasteiger charge is 2.25. The fraction of sp³-hybridized carbons (Fsp3) is 0.556. The van der Waals surface area contributed by atoms with Gasteiger partial charge in [0.2, 0.25) is 0 Å². The molecule has 1 aliphatic rings. The Morgan fingerprint density at radius 1 is 1.46 bits per heavy atom. The molecule has 0 saturated heterocycles. The lowest BCUT2D eigenvalue weighted by Crippen LogP contribution is -1.90. The van der Waals surface area contributed by atoms with Gasteiger partial charge < -0.3 is 4.52 Å². The van der Waals surface area contributed by atoms with Crippen LogP contribution in [0, 0.1) is 0 Å². The Bertz CT molecular complexity index is 315. The summed E-state index contributed by atoms with van der Waals surface area (Å²) in [6.45, 7) is 0. The van der Waals surface area contributed by atoms with Crippen LogP contribution in [0.15, 0.2) is 4.52 Å². The number of aromatic nitrogens is 1. The van der Waals surface area contributed by atoms with Gasteiger partial charge in [0.1, 0.15) is 5.02 Å². The quantitative estimate of drug-likeness (QED) is 0.688. The molecule has 1 saturated carbocycles. The molecule has 0 radical (unpaired) electrons. The summed E-state index contributed by atoms with van der Waals surface area (Å²) in [5.41, 5.74) is 0.226. The van der Waals surface area contributed by atoms with Crippen molar-refractivity contribution in [2.24, 2.45) is 0 Å². The maximum atomic E-state index is 10.4. The average molecular weight is 200 g/mol. The van der Waals surface area contributed by atoms with Crippen LogP contribution >= 0.6 is 11.6 Å². The second-order valence-electron chi connectivity index (χ2n) is 3.35. The molecule has 0 N–H and O–H groups in total. The lowest BCUT2D eigenvalue weighted by atomic mass is 10.1. The largest absolute Gasteiger partial charge is 0.359 e. The highest BCUT2D eigenvalue weighted by Crippen LogP contribution is 2.38. The molecule has 0 unspecified atom stereocenters. The third-order valence-corrected chi connectivity index (χ3v) is 2.90. The minimum Gasteiger partial charge on any atom is -0.359 e. The van der Waals surface area contributed by atoms with E-state index < -0.39 is 0 Å². The number of hydrogen-bond donors (Lipinski definition) is 0. The van der Waals surface area contributed by atoms with Gasteiger partial charge >= 0.3 is 0 Å². The van der Waals surface area contributed by atoms with Gasteiger partial charge in [-0.05, 0) is 12.8 Å². The summed E-state index contributed by atoms with van der Waals surface area (Å²) < 4.78 is 5.06. The first-order valence-electron chi connectivity index (χ1n) is 4.43. The Labute approximate surface area is 81.0 Å². The van der Waals surface area contributed by atoms with E-state index in [0.29, 0.717) is 23.0 Å². The van der Waals surface area contributed by atoms with E-state index in [9.17, 15) is 4.79 Å². The van der Waals surface area contributed by atoms with Crippen LogP contribution in [0.4, 0.5) is 0 Å². The predicted octanol–water partition coefficient (Wildman–Crippen LogP) is 2.80. The van der Waals surface area contributed by atoms with Gasteiger partial charge in [0.25, 0.3) is 0 Å². The molecule has 0 aromatic carbocycles. The van der Waals surface area contributed by atoms with Crippen molar-refractivity contribution in [2.45, 2.75) is 31.6 Å². The molecule has 0 bridgehead atoms. The second-order valence-corrected chi connectivity index (χ2v) is 3.72. The van der Waals surface area contributed by atoms with Gasteiger partial charge in [-0.3, -0.25) is 4.79 Å². The van der Waals surface area contributed by atoms with Crippen molar-refractivity contribution in [3.8, 4) is 0 Å². The van der Waals surface area contributed by atoms with Crippen LogP contribution in [0.2, 0.25) is 5.02 Å². The van der Waals surface area contributed by atoms with E-state index in [1.165, 1.54) is 12.8 Å². The number of halogens is 1. The van der Waals surface area contributed by atoms with Gasteiger partial charge in [0, 0.05) is 5.92 Å². The monoisotopic (exact) mass is 199 g/mol. The molecule has 0 spiro atoms. The van der Waals surface area contributed by atoms with Crippen molar-refractivity contribution >= 4 is 17.9 Å². The first-order chi connectivity index (χ1) is 6.33. The first kappa shape index (κ1) is 8.75. The zero-order valence-corrected chi connectivity index (χ0v) is 7.88. The third kappa shape index (κ3) is 1.48. The highest BCUT2D eigenvalue weighted by atomic mass is 35.5. The molecule has 4 heteroatoms. The maximum Gasteiger partial charge on any atom is 0.173 e. The number of aldehydes is 1. The van der Waals surface area contributed by atoms with Crippen molar-refractivity contribution in [1.29, 1.82) is 0 Å². The van der Waals surface area contributed by atoms with Crippen molar-refractivity contribution in [3.05, 3.63) is 16.5 Å². The average Bonchev–Trinajstić information content (AvgIpc) is 2.72. The molecule has 0 amide bonds. The van der Waals surface area contributed by atoms with Gasteiger partial charge in [0.05, 0.1) is 0 Å². The standard InChI is InChI=1S/C9H10ClNO2/c10-8-7(5-12)11-13-9(8)6-3-1-2-4-6/h5-6H,1-4H2. The van der Waals surface area contributed by atoms with E-state index in [0.717, 1.165) is 12.8 Å². The number of rotatable bonds is 2. The number of hydrogen-bond acceptors (Lipinski definition) is 3. The van der Waals surface area contributed by atoms with E-state index in [1.807, 2.05) is 0 Å². The number of carbonyl (C=O) groups excluding carboxylic acids is 1. The SMILES string of the molecule is O=Cc1noc(C2CCCC2)c1Cl. The van der Waals surface area contributed by atoms with Crippen LogP contribution in [-0.4, -0.2) is 11.4 Å². The maximum absolute atomic E-state index is 10.4. The molecule has 0 atom stereocenters. The van der Waals surface area contributed by atoms with E-state index >= 15 is 0 Å². The molecule has 0 aliphatic heterocycles. The van der Waals surface area contributed by atoms with Crippen LogP contribution in [-0.2, 0) is 0 Å². The molecule has 70 valence electrons. The number of nitrogens with zero attached hydrogens (tertiary/aromatic N) is 1. The summed E-state index contributed by atoms with van der Waals surface area (Å²) >= 11 is 5.92. The van der Waals surface area contributed by atoms with Crippen LogP contribution in [0.25, 0.3) is 0 Å². The van der Waals surface area contributed by atoms with E-state index in [1.54, 1.807) is 0 Å². The molecular weight excluding hydrogens is 190 g/mol. The van der Waals surface area contributed by atoms with Gasteiger partial charge in [-0.25, -0.2) is 0 Å². The van der Waals surface area contributed by atoms with E-state index in [4.69, 9.17) is 16.1 Å². The van der Waals surface area contributed by atoms with E-state index in [-0.39, 0.29) is 5.69 Å². The molecule has 2 rings (SSSR count). The minimum absolute atomic E-state index is 0.226. The summed E-state index contributed by atoms with van der Waals surface area (Å²) in [5, 5.41) is 4.01. The van der Waals surface area contributed by atoms with Gasteiger partial charge in [-0.2, -0.15) is 0 Å². The van der Waals surface area contributed by atoms with Crippen molar-refractivity contribution in [1.82, 2.24) is 5.16 Å². The predicted molar refractivity (Wildman–Crippen MR) is 48.1 cm³/mol. The summed E-state index contributed by atoms with van der Waals surface area (Å²) in [4.78, 5) is 10.4. The fourth-order valence-corrected chi connectivity index (χ4v) is 2.09. The first-order valence-corrected chi connectivity index (χ1v) is 4.81. The van der Waals surface area contributed by atoms with Crippen molar-refractivity contribution < 1.29 is 9.32 Å². The molecule has 13 heavy (non-hydrogen) atoms. The molecule has 1 fully saturated rings. The Balaban J connectivity index is 2.29. The van der Waals surface area contributed by atoms with Crippen molar-refractivity contribution in [3.63, 3.8) is 0 Å². The van der Waals surface area contributed by atoms with Gasteiger partial charge in [0.15, 0.2) is 17.7 Å². The third-order valence-electron chi connectivity index (χ3n) is 2.52. The summed E-state index contributed by atoms with van der Waals surface area (Å²) in [7, 11) is 0. The molecule has 1 aliphatic carbocycles. The fourth-order valence-electron chi connectivity index (χ4n) is 1.82. The second kappa shape index (κ2) is 3.50. The Morgan fingerprint density at radius 3 is 2.69 bits per heavy atom. The normalized spacial score (nSPS) is 17.9. The van der Waals surface area contributed by atoms with E-state index in [2.05, 4.69) is 5.16 Å². The highest BCUT2D eigenvalue weighted by molar-refractivity contribution is 6.33. The summed E-state index contributed by atoms with van der Waals surface area (Å²) in [6.07, 6.45) is 5.22. The molecule has 1 aromatic heterocycles. The Morgan fingerprint density at radius 2 is 2.15 bits per heavy atom. The van der Waals surface area contributed by atoms with Crippen LogP contribution in [0.3, 0.4) is 0 Å². The molecular formula is C9H10ClNO2. The Kier molecular flexibility index (Phi) is 2.36. The zero-order valence-electron chi connectivity index (χ0n) is 7.12. The van der Waals surface area contributed by atoms with Gasteiger partial charge in [-0.15, -0.1) is 0 Å². The van der Waals surface area contributed by atoms with Crippen LogP contribution < -0.4 is 0 Å². The summed E-state index contributed by atoms with van der Waals surface area (Å²) in [5.74, 6) is 1.06. The lowest BCUT2D eigenvalue weighted by Gasteiger charge is -2.02. The topological polar surface area (TPSA) is 43.1 Å². The van der Waals surface area contributed by atoms with Crippen molar-refractivity contribution in [2.75, 3.05) is 0 Å². The van der Waals surface area contributed by atoms with Crippen LogP contribution in [0.5, 0.6) is 0 Å². The van der Waals surface area contributed by atoms with Gasteiger partial charge in [-0.1, -0.05) is 29.6 Å². The molecule has 1 aromatic rings. The Hall–Kier alpha value is -0.830. The summed E-state index contributed by atoms with van der Waals surface area (Å²) in [6, 6.07) is 0.